The molecule has 1 aliphatic rings. The number of rotatable bonds is 2. The quantitative estimate of drug-likeness (QED) is 0.201. The van der Waals surface area contributed by atoms with E-state index in [-0.39, 0.29) is 0 Å². The van der Waals surface area contributed by atoms with Gasteiger partial charge in [-0.2, -0.15) is 0 Å². The Morgan fingerprint density at radius 2 is 1.29 bits per heavy atom. The van der Waals surface area contributed by atoms with Crippen LogP contribution in [-0.2, 0) is 0 Å². The molecular weight excluding hydrogens is 527 g/mol. The molecule has 0 N–H and O–H groups in total. The number of aromatic nitrogens is 3. The number of para-hydroxylation sites is 2. The van der Waals surface area contributed by atoms with Gasteiger partial charge in [-0.3, -0.25) is 4.57 Å². The number of hydrogen-bond acceptors (Lipinski definition) is 2. The largest absolute Gasteiger partial charge is 0.278 e. The molecule has 0 amide bonds. The van der Waals surface area contributed by atoms with E-state index in [1.54, 1.807) is 0 Å². The zero-order chi connectivity index (χ0) is 28.0. The Morgan fingerprint density at radius 3 is 2.14 bits per heavy atom. The Kier molecular flexibility index (Phi) is 4.77. The lowest BCUT2D eigenvalue weighted by molar-refractivity contribution is 1.01. The van der Waals surface area contributed by atoms with Crippen molar-refractivity contribution >= 4 is 61.9 Å². The molecular formula is C38H27N3Si. The van der Waals surface area contributed by atoms with Crippen LogP contribution in [0.5, 0.6) is 0 Å². The molecule has 2 aromatic heterocycles. The summed E-state index contributed by atoms with van der Waals surface area (Å²) in [5, 5.41) is 9.43. The SMILES string of the molecule is C[Si]1(C)c2cccc3cccc(c23)-c2ccc3c(c21)c1ccccc1n3-c1nc(-c2ccccc2)c2ccccc2n1. The van der Waals surface area contributed by atoms with E-state index in [1.807, 2.05) is 6.07 Å². The van der Waals surface area contributed by atoms with Crippen LogP contribution in [0.4, 0.5) is 0 Å². The van der Waals surface area contributed by atoms with Crippen molar-refractivity contribution in [2.45, 2.75) is 13.1 Å². The van der Waals surface area contributed by atoms with E-state index in [1.165, 1.54) is 43.0 Å². The highest BCUT2D eigenvalue weighted by Gasteiger charge is 2.38. The Hall–Kier alpha value is -5.06. The van der Waals surface area contributed by atoms with E-state index in [0.29, 0.717) is 5.95 Å². The zero-order valence-corrected chi connectivity index (χ0v) is 24.5. The fourth-order valence-corrected chi connectivity index (χ4v) is 10.8. The summed E-state index contributed by atoms with van der Waals surface area (Å²) in [6.45, 7) is 5.03. The van der Waals surface area contributed by atoms with E-state index >= 15 is 0 Å². The van der Waals surface area contributed by atoms with Crippen LogP contribution in [-0.4, -0.2) is 22.6 Å². The summed E-state index contributed by atoms with van der Waals surface area (Å²) in [5.41, 5.74) is 8.01. The molecule has 0 saturated heterocycles. The van der Waals surface area contributed by atoms with Gasteiger partial charge < -0.3 is 0 Å². The van der Waals surface area contributed by atoms with Crippen molar-refractivity contribution < 1.29 is 0 Å². The third-order valence-electron chi connectivity index (χ3n) is 9.17. The Labute approximate surface area is 244 Å². The van der Waals surface area contributed by atoms with Crippen molar-refractivity contribution in [3.05, 3.63) is 127 Å². The molecule has 0 fully saturated rings. The van der Waals surface area contributed by atoms with Crippen molar-refractivity contribution in [3.8, 4) is 28.3 Å². The molecule has 0 bridgehead atoms. The first-order valence-corrected chi connectivity index (χ1v) is 17.5. The fraction of sp³-hybridized carbons (Fsp3) is 0.0526. The molecule has 0 radical (unpaired) electrons. The van der Waals surface area contributed by atoms with Gasteiger partial charge in [0, 0.05) is 21.7 Å². The number of nitrogens with zero attached hydrogens (tertiary/aromatic N) is 3. The van der Waals surface area contributed by atoms with Crippen LogP contribution in [0.25, 0.3) is 71.8 Å². The molecule has 4 heteroatoms. The number of benzene rings is 6. The molecule has 8 aromatic rings. The van der Waals surface area contributed by atoms with E-state index in [9.17, 15) is 0 Å². The summed E-state index contributed by atoms with van der Waals surface area (Å²) in [6, 6.07) is 45.8. The Bertz CT molecular complexity index is 2380. The highest BCUT2D eigenvalue weighted by Crippen LogP contribution is 2.40. The van der Waals surface area contributed by atoms with Gasteiger partial charge in [0.15, 0.2) is 0 Å². The van der Waals surface area contributed by atoms with Gasteiger partial charge in [-0.05, 0) is 50.5 Å². The minimum absolute atomic E-state index is 0.705. The summed E-state index contributed by atoms with van der Waals surface area (Å²) < 4.78 is 2.29. The summed E-state index contributed by atoms with van der Waals surface area (Å²) in [7, 11) is -2.09. The summed E-state index contributed by atoms with van der Waals surface area (Å²) in [4.78, 5) is 10.5. The topological polar surface area (TPSA) is 30.7 Å². The smallest absolute Gasteiger partial charge is 0.235 e. The molecule has 0 aliphatic carbocycles. The van der Waals surface area contributed by atoms with Crippen molar-refractivity contribution in [1.29, 1.82) is 0 Å². The first-order chi connectivity index (χ1) is 20.6. The van der Waals surface area contributed by atoms with Crippen LogP contribution in [0.3, 0.4) is 0 Å². The third kappa shape index (κ3) is 3.10. The predicted molar refractivity (Wildman–Crippen MR) is 179 cm³/mol. The van der Waals surface area contributed by atoms with Crippen LogP contribution in [0, 0.1) is 0 Å². The number of hydrogen-bond donors (Lipinski definition) is 0. The maximum absolute atomic E-state index is 5.29. The van der Waals surface area contributed by atoms with Crippen LogP contribution in [0.1, 0.15) is 0 Å². The van der Waals surface area contributed by atoms with Crippen LogP contribution < -0.4 is 10.4 Å². The molecule has 0 atom stereocenters. The zero-order valence-electron chi connectivity index (χ0n) is 23.5. The molecule has 0 spiro atoms. The molecule has 42 heavy (non-hydrogen) atoms. The lowest BCUT2D eigenvalue weighted by atomic mass is 9.96. The minimum atomic E-state index is -2.09. The van der Waals surface area contributed by atoms with Gasteiger partial charge in [0.05, 0.1) is 22.2 Å². The Balaban J connectivity index is 1.43. The number of fused-ring (bicyclic) bond motifs is 7. The average molecular weight is 554 g/mol. The van der Waals surface area contributed by atoms with Gasteiger partial charge in [0.25, 0.3) is 0 Å². The average Bonchev–Trinajstić information content (AvgIpc) is 3.37. The maximum atomic E-state index is 5.29. The predicted octanol–water partition coefficient (Wildman–Crippen LogP) is 8.35. The van der Waals surface area contributed by atoms with Crippen molar-refractivity contribution in [2.75, 3.05) is 0 Å². The second kappa shape index (κ2) is 8.48. The highest BCUT2D eigenvalue weighted by molar-refractivity contribution is 7.04. The van der Waals surface area contributed by atoms with Gasteiger partial charge in [-0.15, -0.1) is 0 Å². The Morgan fingerprint density at radius 1 is 0.548 bits per heavy atom. The molecule has 6 aromatic carbocycles. The standard InChI is InChI=1S/C38H27N3Si/c1-42(2)33-21-11-15-24-14-10-18-26(34(24)33)27-22-23-32-35(37(27)42)29-17-7-9-20-31(29)41(32)38-39-30-19-8-6-16-28(30)36(40-38)25-12-4-3-5-13-25/h3-23H,1-2H3. The lowest BCUT2D eigenvalue weighted by Crippen LogP contribution is -2.56. The fourth-order valence-electron chi connectivity index (χ4n) is 7.35. The van der Waals surface area contributed by atoms with Crippen LogP contribution >= 0.6 is 0 Å². The molecule has 1 aliphatic heterocycles. The minimum Gasteiger partial charge on any atom is -0.278 e. The van der Waals surface area contributed by atoms with E-state index in [0.717, 1.165) is 33.2 Å². The third-order valence-corrected chi connectivity index (χ3v) is 12.7. The molecule has 3 nitrogen and oxygen atoms in total. The van der Waals surface area contributed by atoms with E-state index < -0.39 is 8.07 Å². The summed E-state index contributed by atoms with van der Waals surface area (Å²) in [6.07, 6.45) is 0. The van der Waals surface area contributed by atoms with Gasteiger partial charge in [0.2, 0.25) is 5.95 Å². The first kappa shape index (κ1) is 23.6. The van der Waals surface area contributed by atoms with Gasteiger partial charge in [0.1, 0.15) is 8.07 Å². The lowest BCUT2D eigenvalue weighted by Gasteiger charge is -2.34. The summed E-state index contributed by atoms with van der Waals surface area (Å²) >= 11 is 0. The molecule has 3 heterocycles. The van der Waals surface area contributed by atoms with Gasteiger partial charge in [-0.25, -0.2) is 9.97 Å². The molecule has 0 unspecified atom stereocenters. The molecule has 0 saturated carbocycles. The van der Waals surface area contributed by atoms with Crippen LogP contribution in [0.2, 0.25) is 13.1 Å². The normalized spacial score (nSPS) is 13.7. The summed E-state index contributed by atoms with van der Waals surface area (Å²) in [5.74, 6) is 0.705. The first-order valence-electron chi connectivity index (χ1n) is 14.5. The molecule has 198 valence electrons. The second-order valence-corrected chi connectivity index (χ2v) is 16.1. The van der Waals surface area contributed by atoms with Crippen molar-refractivity contribution in [3.63, 3.8) is 0 Å². The van der Waals surface area contributed by atoms with E-state index in [2.05, 4.69) is 139 Å². The highest BCUT2D eigenvalue weighted by atomic mass is 28.3. The van der Waals surface area contributed by atoms with Gasteiger partial charge >= 0.3 is 0 Å². The van der Waals surface area contributed by atoms with Gasteiger partial charge in [-0.1, -0.05) is 122 Å². The van der Waals surface area contributed by atoms with Crippen LogP contribution in [0.15, 0.2) is 127 Å². The monoisotopic (exact) mass is 553 g/mol. The van der Waals surface area contributed by atoms with Crippen molar-refractivity contribution in [2.24, 2.45) is 0 Å². The second-order valence-electron chi connectivity index (χ2n) is 11.8. The maximum Gasteiger partial charge on any atom is 0.235 e. The van der Waals surface area contributed by atoms with E-state index in [4.69, 9.17) is 9.97 Å². The van der Waals surface area contributed by atoms with Crippen molar-refractivity contribution in [1.82, 2.24) is 14.5 Å². The molecule has 9 rings (SSSR count).